The Bertz CT molecular complexity index is 930. The van der Waals surface area contributed by atoms with E-state index >= 15 is 0 Å². The molecule has 0 radical (unpaired) electrons. The summed E-state index contributed by atoms with van der Waals surface area (Å²) in [4.78, 5) is 0. The lowest BCUT2D eigenvalue weighted by Gasteiger charge is -2.10. The van der Waals surface area contributed by atoms with Gasteiger partial charge in [0.1, 0.15) is 18.2 Å². The molecule has 0 amide bonds. The summed E-state index contributed by atoms with van der Waals surface area (Å²) in [7, 11) is 0. The van der Waals surface area contributed by atoms with Crippen molar-refractivity contribution in [3.63, 3.8) is 0 Å². The molecule has 0 bridgehead atoms. The predicted molar refractivity (Wildman–Crippen MR) is 103 cm³/mol. The highest BCUT2D eigenvalue weighted by Crippen LogP contribution is 2.25. The number of halogens is 3. The van der Waals surface area contributed by atoms with E-state index < -0.39 is 0 Å². The molecular formula is C17H12ClFIN3O2. The number of nitrogens with two attached hydrogens (primary N) is 1. The van der Waals surface area contributed by atoms with Crippen LogP contribution >= 0.6 is 34.2 Å². The summed E-state index contributed by atoms with van der Waals surface area (Å²) >= 11 is 8.18. The van der Waals surface area contributed by atoms with Crippen molar-refractivity contribution in [3.8, 4) is 5.75 Å². The topological polar surface area (TPSA) is 74.2 Å². The number of ether oxygens (including phenoxy) is 1. The average molecular weight is 472 g/mol. The highest BCUT2D eigenvalue weighted by molar-refractivity contribution is 14.1. The Balaban J connectivity index is 1.68. The van der Waals surface area contributed by atoms with Crippen molar-refractivity contribution in [3.05, 3.63) is 67.8 Å². The normalized spacial score (nSPS) is 11.2. The lowest BCUT2D eigenvalue weighted by molar-refractivity contribution is 0.304. The van der Waals surface area contributed by atoms with Crippen LogP contribution in [0.25, 0.3) is 12.2 Å². The minimum absolute atomic E-state index is 0.0254. The molecule has 1 heterocycles. The van der Waals surface area contributed by atoms with Crippen LogP contribution in [-0.2, 0) is 6.61 Å². The molecule has 8 heteroatoms. The van der Waals surface area contributed by atoms with E-state index in [9.17, 15) is 4.39 Å². The number of aromatic nitrogens is 2. The predicted octanol–water partition coefficient (Wildman–Crippen LogP) is 4.80. The van der Waals surface area contributed by atoms with Gasteiger partial charge in [-0.25, -0.2) is 4.39 Å². The fourth-order valence-corrected chi connectivity index (χ4v) is 2.93. The van der Waals surface area contributed by atoms with Crippen LogP contribution in [0.1, 0.15) is 17.0 Å². The first-order chi connectivity index (χ1) is 12.0. The van der Waals surface area contributed by atoms with Gasteiger partial charge in [-0.05, 0) is 58.5 Å². The summed E-state index contributed by atoms with van der Waals surface area (Å²) in [6, 6.07) is 9.94. The summed E-state index contributed by atoms with van der Waals surface area (Å²) in [6.45, 7) is 0.256. The summed E-state index contributed by atoms with van der Waals surface area (Å²) in [6.07, 6.45) is 3.50. The van der Waals surface area contributed by atoms with Crippen LogP contribution in [0.4, 0.5) is 10.4 Å². The first kappa shape index (κ1) is 17.7. The van der Waals surface area contributed by atoms with Crippen molar-refractivity contribution >= 4 is 52.4 Å². The molecule has 25 heavy (non-hydrogen) atoms. The Morgan fingerprint density at radius 2 is 2.04 bits per heavy atom. The zero-order valence-electron chi connectivity index (χ0n) is 12.7. The van der Waals surface area contributed by atoms with Crippen molar-refractivity contribution in [1.29, 1.82) is 0 Å². The fourth-order valence-electron chi connectivity index (χ4n) is 2.01. The first-order valence-electron chi connectivity index (χ1n) is 7.14. The van der Waals surface area contributed by atoms with Gasteiger partial charge in [0.05, 0.1) is 8.59 Å². The Hall–Kier alpha value is -2.13. The van der Waals surface area contributed by atoms with E-state index in [0.717, 1.165) is 14.7 Å². The summed E-state index contributed by atoms with van der Waals surface area (Å²) in [5, 5.41) is 7.68. The zero-order chi connectivity index (χ0) is 17.8. The summed E-state index contributed by atoms with van der Waals surface area (Å²) in [5.41, 5.74) is 7.03. The lowest BCUT2D eigenvalue weighted by atomic mass is 10.2. The molecule has 2 N–H and O–H groups in total. The van der Waals surface area contributed by atoms with E-state index in [4.69, 9.17) is 26.5 Å². The highest BCUT2D eigenvalue weighted by atomic mass is 127. The average Bonchev–Trinajstić information content (AvgIpc) is 2.99. The number of benzene rings is 2. The minimum atomic E-state index is -0.373. The molecule has 0 unspecified atom stereocenters. The summed E-state index contributed by atoms with van der Waals surface area (Å²) < 4.78 is 24.8. The number of hydrogen-bond donors (Lipinski definition) is 1. The van der Waals surface area contributed by atoms with Gasteiger partial charge in [0.25, 0.3) is 0 Å². The third-order valence-electron chi connectivity index (χ3n) is 3.23. The molecule has 0 fully saturated rings. The number of nitrogen functional groups attached to an aromatic ring is 1. The molecule has 3 aromatic rings. The Kier molecular flexibility index (Phi) is 5.54. The van der Waals surface area contributed by atoms with Gasteiger partial charge in [0, 0.05) is 11.6 Å². The monoisotopic (exact) mass is 471 g/mol. The van der Waals surface area contributed by atoms with Gasteiger partial charge < -0.3 is 14.9 Å². The standard InChI is InChI=1S/C17H12ClFIN3O2/c18-13-8-12(19)4-3-11(13)9-24-15-5-1-10(7-14(15)20)2-6-16-22-23-17(21)25-16/h1-8H,9H2,(H2,21,23)/b6-2+. The maximum absolute atomic E-state index is 13.1. The van der Waals surface area contributed by atoms with Crippen molar-refractivity contribution in [2.75, 3.05) is 5.73 Å². The van der Waals surface area contributed by atoms with Gasteiger partial charge in [-0.1, -0.05) is 28.8 Å². The van der Waals surface area contributed by atoms with Crippen LogP contribution in [0.15, 0.2) is 40.8 Å². The smallest absolute Gasteiger partial charge is 0.313 e. The molecule has 0 aliphatic heterocycles. The third-order valence-corrected chi connectivity index (χ3v) is 4.42. The van der Waals surface area contributed by atoms with Crippen LogP contribution in [0, 0.1) is 9.39 Å². The van der Waals surface area contributed by atoms with Crippen LogP contribution < -0.4 is 10.5 Å². The second-order valence-corrected chi connectivity index (χ2v) is 6.60. The maximum Gasteiger partial charge on any atom is 0.313 e. The van der Waals surface area contributed by atoms with E-state index in [1.165, 1.54) is 12.1 Å². The quantitative estimate of drug-likeness (QED) is 0.541. The van der Waals surface area contributed by atoms with E-state index in [1.54, 1.807) is 12.1 Å². The second-order valence-electron chi connectivity index (χ2n) is 5.03. The molecule has 3 rings (SSSR count). The molecule has 0 saturated carbocycles. The van der Waals surface area contributed by atoms with Gasteiger partial charge >= 0.3 is 6.01 Å². The van der Waals surface area contributed by atoms with Crippen molar-refractivity contribution in [1.82, 2.24) is 10.2 Å². The van der Waals surface area contributed by atoms with Crippen LogP contribution in [0.2, 0.25) is 5.02 Å². The van der Waals surface area contributed by atoms with Crippen LogP contribution in [0.5, 0.6) is 5.75 Å². The number of rotatable bonds is 5. The third kappa shape index (κ3) is 4.70. The molecule has 2 aromatic carbocycles. The maximum atomic E-state index is 13.1. The van der Waals surface area contributed by atoms with Crippen molar-refractivity contribution < 1.29 is 13.5 Å². The van der Waals surface area contributed by atoms with Crippen molar-refractivity contribution in [2.45, 2.75) is 6.61 Å². The second kappa shape index (κ2) is 7.83. The lowest BCUT2D eigenvalue weighted by Crippen LogP contribution is -1.98. The molecule has 0 spiro atoms. The molecule has 128 valence electrons. The molecule has 0 aliphatic rings. The summed E-state index contributed by atoms with van der Waals surface area (Å²) in [5.74, 6) is 0.668. The minimum Gasteiger partial charge on any atom is -0.488 e. The molecule has 5 nitrogen and oxygen atoms in total. The molecule has 0 saturated heterocycles. The zero-order valence-corrected chi connectivity index (χ0v) is 15.7. The van der Waals surface area contributed by atoms with Crippen LogP contribution in [-0.4, -0.2) is 10.2 Å². The Morgan fingerprint density at radius 3 is 2.72 bits per heavy atom. The van der Waals surface area contributed by atoms with Crippen LogP contribution in [0.3, 0.4) is 0 Å². The number of anilines is 1. The van der Waals surface area contributed by atoms with E-state index in [1.807, 2.05) is 24.3 Å². The van der Waals surface area contributed by atoms with Gasteiger partial charge in [0.15, 0.2) is 0 Å². The van der Waals surface area contributed by atoms with Gasteiger partial charge in [-0.3, -0.25) is 0 Å². The number of nitrogens with zero attached hydrogens (tertiary/aromatic N) is 2. The molecule has 0 atom stereocenters. The van der Waals surface area contributed by atoms with E-state index in [2.05, 4.69) is 32.8 Å². The van der Waals surface area contributed by atoms with Gasteiger partial charge in [0.2, 0.25) is 5.89 Å². The Morgan fingerprint density at radius 1 is 1.20 bits per heavy atom. The van der Waals surface area contributed by atoms with E-state index in [-0.39, 0.29) is 18.4 Å². The van der Waals surface area contributed by atoms with Crippen molar-refractivity contribution in [2.24, 2.45) is 0 Å². The highest BCUT2D eigenvalue weighted by Gasteiger charge is 2.06. The molecule has 0 aliphatic carbocycles. The first-order valence-corrected chi connectivity index (χ1v) is 8.60. The van der Waals surface area contributed by atoms with E-state index in [0.29, 0.717) is 16.7 Å². The van der Waals surface area contributed by atoms with Gasteiger partial charge in [-0.15, -0.1) is 5.10 Å². The largest absolute Gasteiger partial charge is 0.488 e. The molecule has 1 aromatic heterocycles. The fraction of sp³-hybridized carbons (Fsp3) is 0.0588. The Labute approximate surface area is 161 Å². The van der Waals surface area contributed by atoms with Gasteiger partial charge in [-0.2, -0.15) is 0 Å². The SMILES string of the molecule is Nc1nnc(/C=C/c2ccc(OCc3ccc(F)cc3Cl)c(I)c2)o1. The molecular weight excluding hydrogens is 460 g/mol. The number of hydrogen-bond acceptors (Lipinski definition) is 5.